The SMILES string of the molecule is COc1ccc(N(C(=O)CN2C(=O)c3ccccc3C2=O)C2(C(=O)Nc3c(C)cccc3C)CCCCC2)cc1. The van der Waals surface area contributed by atoms with Gasteiger partial charge >= 0.3 is 0 Å². The van der Waals surface area contributed by atoms with Crippen molar-refractivity contribution in [2.24, 2.45) is 0 Å². The van der Waals surface area contributed by atoms with E-state index in [9.17, 15) is 19.2 Å². The first-order chi connectivity index (χ1) is 19.3. The molecule has 1 aliphatic carbocycles. The molecule has 4 amide bonds. The smallest absolute Gasteiger partial charge is 0.262 e. The fourth-order valence-corrected chi connectivity index (χ4v) is 5.88. The van der Waals surface area contributed by atoms with Gasteiger partial charge in [0.2, 0.25) is 5.91 Å². The molecule has 1 heterocycles. The fraction of sp³-hybridized carbons (Fsp3) is 0.312. The summed E-state index contributed by atoms with van der Waals surface area (Å²) in [5.74, 6) is -1.20. The monoisotopic (exact) mass is 539 g/mol. The molecule has 0 atom stereocenters. The average molecular weight is 540 g/mol. The Bertz CT molecular complexity index is 1420. The summed E-state index contributed by atoms with van der Waals surface area (Å²) in [4.78, 5) is 57.3. The minimum atomic E-state index is -1.21. The third-order valence-electron chi connectivity index (χ3n) is 8.00. The molecular formula is C32H33N3O5. The van der Waals surface area contributed by atoms with Crippen LogP contribution in [0.3, 0.4) is 0 Å². The number of carbonyl (C=O) groups is 4. The van der Waals surface area contributed by atoms with Gasteiger partial charge in [-0.1, -0.05) is 49.6 Å². The summed E-state index contributed by atoms with van der Waals surface area (Å²) < 4.78 is 5.32. The second-order valence-electron chi connectivity index (χ2n) is 10.5. The Morgan fingerprint density at radius 1 is 0.850 bits per heavy atom. The van der Waals surface area contributed by atoms with E-state index in [1.54, 1.807) is 55.6 Å². The summed E-state index contributed by atoms with van der Waals surface area (Å²) in [5.41, 5.74) is 2.41. The van der Waals surface area contributed by atoms with Crippen LogP contribution in [0.25, 0.3) is 0 Å². The third kappa shape index (κ3) is 4.74. The summed E-state index contributed by atoms with van der Waals surface area (Å²) >= 11 is 0. The van der Waals surface area contributed by atoms with Gasteiger partial charge in [0, 0.05) is 11.4 Å². The quantitative estimate of drug-likeness (QED) is 0.412. The second-order valence-corrected chi connectivity index (χ2v) is 10.5. The van der Waals surface area contributed by atoms with E-state index in [2.05, 4.69) is 5.32 Å². The summed E-state index contributed by atoms with van der Waals surface area (Å²) in [6.07, 6.45) is 3.36. The molecular weight excluding hydrogens is 506 g/mol. The van der Waals surface area contributed by atoms with Crippen LogP contribution in [0, 0.1) is 13.8 Å². The van der Waals surface area contributed by atoms with Crippen LogP contribution in [-0.2, 0) is 9.59 Å². The van der Waals surface area contributed by atoms with E-state index in [-0.39, 0.29) is 17.0 Å². The van der Waals surface area contributed by atoms with Gasteiger partial charge in [0.15, 0.2) is 0 Å². The number of aryl methyl sites for hydroxylation is 2. The van der Waals surface area contributed by atoms with Crippen molar-refractivity contribution >= 4 is 35.0 Å². The average Bonchev–Trinajstić information content (AvgIpc) is 3.20. The number of nitrogens with zero attached hydrogens (tertiary/aromatic N) is 2. The lowest BCUT2D eigenvalue weighted by atomic mass is 9.78. The number of ether oxygens (including phenoxy) is 1. The van der Waals surface area contributed by atoms with Crippen molar-refractivity contribution in [3.05, 3.63) is 89.0 Å². The Labute approximate surface area is 233 Å². The summed E-state index contributed by atoms with van der Waals surface area (Å²) in [7, 11) is 1.56. The van der Waals surface area contributed by atoms with E-state index in [1.807, 2.05) is 32.0 Å². The summed E-state index contributed by atoms with van der Waals surface area (Å²) in [5, 5.41) is 3.14. The molecule has 3 aromatic carbocycles. The van der Waals surface area contributed by atoms with Gasteiger partial charge in [0.25, 0.3) is 17.7 Å². The third-order valence-corrected chi connectivity index (χ3v) is 8.00. The number of imide groups is 1. The molecule has 5 rings (SSSR count). The number of carbonyl (C=O) groups excluding carboxylic acids is 4. The van der Waals surface area contributed by atoms with Gasteiger partial charge in [-0.2, -0.15) is 0 Å². The topological polar surface area (TPSA) is 96.0 Å². The van der Waals surface area contributed by atoms with Gasteiger partial charge in [0.1, 0.15) is 17.8 Å². The van der Waals surface area contributed by atoms with Gasteiger partial charge < -0.3 is 10.1 Å². The zero-order valence-corrected chi connectivity index (χ0v) is 23.0. The number of amides is 4. The maximum absolute atomic E-state index is 14.3. The standard InChI is InChI=1S/C32H33N3O5/c1-21-10-9-11-22(2)28(21)33-31(39)32(18-7-4-8-19-32)35(23-14-16-24(40-3)17-15-23)27(36)20-34-29(37)25-12-5-6-13-26(25)30(34)38/h5-6,9-17H,4,7-8,18-20H2,1-3H3,(H,33,39). The number of para-hydroxylation sites is 1. The van der Waals surface area contributed by atoms with Crippen LogP contribution in [0.2, 0.25) is 0 Å². The number of fused-ring (bicyclic) bond motifs is 1. The number of anilines is 2. The van der Waals surface area contributed by atoms with Crippen LogP contribution in [0.4, 0.5) is 11.4 Å². The minimum absolute atomic E-state index is 0.274. The molecule has 0 radical (unpaired) electrons. The van der Waals surface area contributed by atoms with E-state index in [0.29, 0.717) is 24.3 Å². The Balaban J connectivity index is 1.56. The van der Waals surface area contributed by atoms with E-state index >= 15 is 0 Å². The fourth-order valence-electron chi connectivity index (χ4n) is 5.88. The highest BCUT2D eigenvalue weighted by Gasteiger charge is 2.49. The second kappa shape index (κ2) is 11.0. The number of benzene rings is 3. The first-order valence-corrected chi connectivity index (χ1v) is 13.6. The number of nitrogens with one attached hydrogen (secondary N) is 1. The van der Waals surface area contributed by atoms with E-state index in [0.717, 1.165) is 41.0 Å². The number of methoxy groups -OCH3 is 1. The molecule has 8 nitrogen and oxygen atoms in total. The van der Waals surface area contributed by atoms with Crippen LogP contribution < -0.4 is 15.0 Å². The molecule has 0 bridgehead atoms. The molecule has 1 saturated carbocycles. The first-order valence-electron chi connectivity index (χ1n) is 13.6. The van der Waals surface area contributed by atoms with Gasteiger partial charge in [-0.15, -0.1) is 0 Å². The Morgan fingerprint density at radius 2 is 1.43 bits per heavy atom. The molecule has 206 valence electrons. The Kier molecular flexibility index (Phi) is 7.43. The molecule has 3 aromatic rings. The highest BCUT2D eigenvalue weighted by Crippen LogP contribution is 2.39. The highest BCUT2D eigenvalue weighted by atomic mass is 16.5. The van der Waals surface area contributed by atoms with Crippen molar-refractivity contribution < 1.29 is 23.9 Å². The molecule has 1 N–H and O–H groups in total. The molecule has 0 aromatic heterocycles. The molecule has 1 aliphatic heterocycles. The number of rotatable bonds is 7. The maximum Gasteiger partial charge on any atom is 0.262 e. The van der Waals surface area contributed by atoms with Crippen LogP contribution in [0.1, 0.15) is 63.9 Å². The lowest BCUT2D eigenvalue weighted by Crippen LogP contribution is -2.62. The van der Waals surface area contributed by atoms with Crippen LogP contribution >= 0.6 is 0 Å². The van der Waals surface area contributed by atoms with Crippen molar-refractivity contribution in [3.63, 3.8) is 0 Å². The lowest BCUT2D eigenvalue weighted by Gasteiger charge is -2.45. The zero-order valence-electron chi connectivity index (χ0n) is 23.0. The van der Waals surface area contributed by atoms with Crippen molar-refractivity contribution in [3.8, 4) is 5.75 Å². The largest absolute Gasteiger partial charge is 0.497 e. The molecule has 1 fully saturated rings. The van der Waals surface area contributed by atoms with E-state index in [4.69, 9.17) is 4.74 Å². The van der Waals surface area contributed by atoms with Crippen molar-refractivity contribution in [1.82, 2.24) is 4.90 Å². The maximum atomic E-state index is 14.3. The zero-order chi connectivity index (χ0) is 28.4. The minimum Gasteiger partial charge on any atom is -0.497 e. The summed E-state index contributed by atoms with van der Waals surface area (Å²) in [6.45, 7) is 3.40. The number of hydrogen-bond donors (Lipinski definition) is 1. The van der Waals surface area contributed by atoms with Crippen molar-refractivity contribution in [2.45, 2.75) is 51.5 Å². The van der Waals surface area contributed by atoms with E-state index < -0.39 is 29.8 Å². The molecule has 40 heavy (non-hydrogen) atoms. The van der Waals surface area contributed by atoms with Gasteiger partial charge in [-0.3, -0.25) is 29.0 Å². The predicted molar refractivity (Wildman–Crippen MR) is 153 cm³/mol. The van der Waals surface area contributed by atoms with Crippen molar-refractivity contribution in [1.29, 1.82) is 0 Å². The molecule has 8 heteroatoms. The lowest BCUT2D eigenvalue weighted by molar-refractivity contribution is -0.128. The van der Waals surface area contributed by atoms with E-state index in [1.165, 1.54) is 4.90 Å². The van der Waals surface area contributed by atoms with Gasteiger partial charge in [-0.05, 0) is 74.2 Å². The summed E-state index contributed by atoms with van der Waals surface area (Å²) in [6, 6.07) is 19.3. The van der Waals surface area contributed by atoms with Crippen molar-refractivity contribution in [2.75, 3.05) is 23.9 Å². The molecule has 0 unspecified atom stereocenters. The van der Waals surface area contributed by atoms with Crippen LogP contribution in [0.15, 0.2) is 66.7 Å². The first kappa shape index (κ1) is 27.1. The Hall–Kier alpha value is -4.46. The molecule has 0 spiro atoms. The Morgan fingerprint density at radius 3 is 1.98 bits per heavy atom. The normalized spacial score (nSPS) is 15.9. The van der Waals surface area contributed by atoms with Crippen LogP contribution in [0.5, 0.6) is 5.75 Å². The molecule has 2 aliphatic rings. The van der Waals surface area contributed by atoms with Crippen LogP contribution in [-0.4, -0.2) is 47.7 Å². The highest BCUT2D eigenvalue weighted by molar-refractivity contribution is 6.23. The predicted octanol–water partition coefficient (Wildman–Crippen LogP) is 5.28. The van der Waals surface area contributed by atoms with Gasteiger partial charge in [0.05, 0.1) is 18.2 Å². The number of hydrogen-bond acceptors (Lipinski definition) is 5. The van der Waals surface area contributed by atoms with Gasteiger partial charge in [-0.25, -0.2) is 0 Å². The molecule has 0 saturated heterocycles.